The van der Waals surface area contributed by atoms with Crippen LogP contribution in [0.2, 0.25) is 0 Å². The first-order valence-corrected chi connectivity index (χ1v) is 9.04. The van der Waals surface area contributed by atoms with Crippen LogP contribution in [0.25, 0.3) is 0 Å². The monoisotopic (exact) mass is 336 g/mol. The van der Waals surface area contributed by atoms with Crippen LogP contribution in [0, 0.1) is 0 Å². The maximum Gasteiger partial charge on any atom is 2.00 e. The van der Waals surface area contributed by atoms with Gasteiger partial charge in [0.15, 0.2) is 0 Å². The second kappa shape index (κ2) is 16.5. The second-order valence-electron chi connectivity index (χ2n) is 5.14. The Balaban J connectivity index is -0.000000540. The van der Waals surface area contributed by atoms with E-state index in [2.05, 4.69) is 11.1 Å². The fraction of sp³-hybridized carbons (Fsp3) is 1.00. The summed E-state index contributed by atoms with van der Waals surface area (Å²) in [7, 11) is -4.24. The molecule has 0 aliphatic carbocycles. The molecule has 0 aliphatic rings. The minimum atomic E-state index is -4.24. The Kier molecular flexibility index (Phi) is 19.3. The molecule has 0 bridgehead atoms. The van der Waals surface area contributed by atoms with Crippen LogP contribution in [0.1, 0.15) is 86.8 Å². The van der Waals surface area contributed by atoms with Gasteiger partial charge in [0.25, 0.3) is 0 Å². The van der Waals surface area contributed by atoms with Gasteiger partial charge < -0.3 is 2.85 Å². The molecule has 0 atom stereocenters. The van der Waals surface area contributed by atoms with Crippen LogP contribution in [0.4, 0.5) is 0 Å². The molecular weight excluding hydrogens is 304 g/mol. The molecule has 0 aromatic heterocycles. The summed E-state index contributed by atoms with van der Waals surface area (Å²) in [6.45, 7) is 2.33. The van der Waals surface area contributed by atoms with Crippen LogP contribution in [0.15, 0.2) is 0 Å². The van der Waals surface area contributed by atoms with Crippen molar-refractivity contribution in [3.05, 3.63) is 0 Å². The fourth-order valence-corrected chi connectivity index (χ4v) is 2.44. The van der Waals surface area contributed by atoms with Crippen LogP contribution in [-0.2, 0) is 14.6 Å². The second-order valence-corrected chi connectivity index (χ2v) is 6.23. The van der Waals surface area contributed by atoms with Crippen molar-refractivity contribution in [2.45, 2.75) is 84.0 Å². The van der Waals surface area contributed by atoms with Gasteiger partial charge in [-0.05, 0) is 6.42 Å². The van der Waals surface area contributed by atoms with E-state index in [0.29, 0.717) is 6.42 Å². The molecule has 0 saturated heterocycles. The van der Waals surface area contributed by atoms with E-state index in [0.717, 1.165) is 12.8 Å². The van der Waals surface area contributed by atoms with Gasteiger partial charge in [-0.25, -0.2) is 4.18 Å². The van der Waals surface area contributed by atoms with Crippen LogP contribution in [0.5, 0.6) is 0 Å². The van der Waals surface area contributed by atoms with E-state index in [1.807, 2.05) is 0 Å². The number of rotatable bonds is 14. The first kappa shape index (κ1) is 23.4. The van der Waals surface area contributed by atoms with Crippen LogP contribution >= 0.6 is 0 Å². The summed E-state index contributed by atoms with van der Waals surface area (Å²) in [5.41, 5.74) is 0. The van der Waals surface area contributed by atoms with E-state index >= 15 is 0 Å². The van der Waals surface area contributed by atoms with Gasteiger partial charge in [0.2, 0.25) is 0 Å². The minimum Gasteiger partial charge on any atom is -1.00 e. The topological polar surface area (TPSA) is 63.6 Å². The quantitative estimate of drug-likeness (QED) is 0.291. The molecule has 0 rings (SSSR count). The predicted octanol–water partition coefficient (Wildman–Crippen LogP) is 4.35. The van der Waals surface area contributed by atoms with Gasteiger partial charge >= 0.3 is 48.1 Å². The van der Waals surface area contributed by atoms with Gasteiger partial charge in [-0.1, -0.05) is 77.6 Å². The first-order chi connectivity index (χ1) is 9.06. The zero-order valence-electron chi connectivity index (χ0n) is 15.0. The van der Waals surface area contributed by atoms with Crippen molar-refractivity contribution in [3.8, 4) is 0 Å². The van der Waals surface area contributed by atoms with E-state index < -0.39 is 10.4 Å². The van der Waals surface area contributed by atoms with Crippen molar-refractivity contribution in [1.82, 2.24) is 0 Å². The van der Waals surface area contributed by atoms with E-state index in [9.17, 15) is 8.42 Å². The number of hydrogen-bond donors (Lipinski definition) is 1. The first-order valence-electron chi connectivity index (χ1n) is 7.68. The van der Waals surface area contributed by atoms with Crippen molar-refractivity contribution in [3.63, 3.8) is 0 Å². The standard InChI is InChI=1S/C14H30O4S.Ca.2H/c1-2-3-4-5-6-7-8-9-10-11-12-13-14-18-19(15,16)17;;;/h2-14H2,1H3,(H,15,16,17);;;/q;+2;2*-1. The molecule has 120 valence electrons. The van der Waals surface area contributed by atoms with Crippen molar-refractivity contribution in [1.29, 1.82) is 0 Å². The molecule has 0 aliphatic heterocycles. The molecule has 0 heterocycles. The van der Waals surface area contributed by atoms with E-state index in [4.69, 9.17) is 4.55 Å². The Bertz CT molecular complexity index is 291. The summed E-state index contributed by atoms with van der Waals surface area (Å²) in [4.78, 5) is 0. The third-order valence-electron chi connectivity index (χ3n) is 3.23. The summed E-state index contributed by atoms with van der Waals surface area (Å²) in [6, 6.07) is 0. The van der Waals surface area contributed by atoms with Gasteiger partial charge in [-0.15, -0.1) is 0 Å². The summed E-state index contributed by atoms with van der Waals surface area (Å²) >= 11 is 0. The molecule has 4 nitrogen and oxygen atoms in total. The normalized spacial score (nSPS) is 11.3. The molecule has 0 aromatic carbocycles. The Morgan fingerprint density at radius 1 is 0.800 bits per heavy atom. The predicted molar refractivity (Wildman–Crippen MR) is 86.6 cm³/mol. The smallest absolute Gasteiger partial charge is 1.00 e. The minimum absolute atomic E-state index is 0. The maximum atomic E-state index is 10.3. The molecule has 0 spiro atoms. The Labute approximate surface area is 158 Å². The molecule has 6 heteroatoms. The van der Waals surface area contributed by atoms with Gasteiger partial charge in [0.05, 0.1) is 6.61 Å². The zero-order chi connectivity index (χ0) is 14.4. The summed E-state index contributed by atoms with van der Waals surface area (Å²) in [5.74, 6) is 0. The molecule has 20 heavy (non-hydrogen) atoms. The SMILES string of the molecule is CCCCCCCCCCCCCCOS(=O)(=O)O.[Ca+2].[H-].[H-]. The Morgan fingerprint density at radius 3 is 1.50 bits per heavy atom. The molecular formula is C14H32CaO4S. The summed E-state index contributed by atoms with van der Waals surface area (Å²) in [5, 5.41) is 0. The molecule has 1 N–H and O–H groups in total. The van der Waals surface area contributed by atoms with Crippen molar-refractivity contribution in [2.75, 3.05) is 6.61 Å². The molecule has 0 fully saturated rings. The molecule has 0 amide bonds. The average Bonchev–Trinajstić information content (AvgIpc) is 2.34. The van der Waals surface area contributed by atoms with Crippen molar-refractivity contribution < 1.29 is 20.0 Å². The summed E-state index contributed by atoms with van der Waals surface area (Å²) < 4.78 is 33.1. The molecule has 0 aromatic rings. The van der Waals surface area contributed by atoms with Crippen LogP contribution < -0.4 is 0 Å². The zero-order valence-corrected chi connectivity index (χ0v) is 16.0. The largest absolute Gasteiger partial charge is 2.00 e. The molecule has 0 unspecified atom stereocenters. The third kappa shape index (κ3) is 21.4. The Morgan fingerprint density at radius 2 is 1.15 bits per heavy atom. The molecule has 0 saturated carbocycles. The van der Waals surface area contributed by atoms with E-state index in [-0.39, 0.29) is 47.2 Å². The number of unbranched alkanes of at least 4 members (excludes halogenated alkanes) is 11. The van der Waals surface area contributed by atoms with Gasteiger partial charge in [0.1, 0.15) is 0 Å². The fourth-order valence-electron chi connectivity index (χ4n) is 2.11. The Hall–Kier alpha value is 1.13. The number of hydrogen-bond acceptors (Lipinski definition) is 3. The van der Waals surface area contributed by atoms with Gasteiger partial charge in [-0.3, -0.25) is 4.55 Å². The van der Waals surface area contributed by atoms with Crippen molar-refractivity contribution in [2.24, 2.45) is 0 Å². The van der Waals surface area contributed by atoms with Gasteiger partial charge in [0, 0.05) is 0 Å². The van der Waals surface area contributed by atoms with Crippen LogP contribution in [0.3, 0.4) is 0 Å². The van der Waals surface area contributed by atoms with E-state index in [1.165, 1.54) is 57.8 Å². The van der Waals surface area contributed by atoms with E-state index in [1.54, 1.807) is 0 Å². The van der Waals surface area contributed by atoms with Crippen LogP contribution in [-0.4, -0.2) is 57.3 Å². The van der Waals surface area contributed by atoms with Crippen molar-refractivity contribution >= 4 is 48.1 Å². The maximum absolute atomic E-state index is 10.3. The third-order valence-corrected chi connectivity index (χ3v) is 3.69. The molecule has 0 radical (unpaired) electrons. The summed E-state index contributed by atoms with van der Waals surface area (Å²) in [6.07, 6.45) is 14.7. The van der Waals surface area contributed by atoms with Gasteiger partial charge in [-0.2, -0.15) is 8.42 Å². The average molecular weight is 337 g/mol.